The normalized spacial score (nSPS) is 14.3. The van der Waals surface area contributed by atoms with Gasteiger partial charge in [0.05, 0.1) is 11.7 Å². The third kappa shape index (κ3) is 3.34. The lowest BCUT2D eigenvalue weighted by atomic mass is 10.1. The van der Waals surface area contributed by atoms with Crippen LogP contribution in [0.5, 0.6) is 5.75 Å². The number of anilines is 1. The van der Waals surface area contributed by atoms with Gasteiger partial charge in [0.15, 0.2) is 6.61 Å². The van der Waals surface area contributed by atoms with Gasteiger partial charge in [-0.05, 0) is 43.7 Å². The van der Waals surface area contributed by atoms with Gasteiger partial charge in [0.1, 0.15) is 5.75 Å². The predicted molar refractivity (Wildman–Crippen MR) is 87.6 cm³/mol. The zero-order chi connectivity index (χ0) is 16.4. The van der Waals surface area contributed by atoms with E-state index in [1.807, 2.05) is 44.2 Å². The fraction of sp³-hybridized carbons (Fsp3) is 0.222. The Balaban J connectivity index is 1.75. The number of benzene rings is 2. The van der Waals surface area contributed by atoms with E-state index >= 15 is 0 Å². The second-order valence-corrected chi connectivity index (χ2v) is 5.66. The molecule has 1 heterocycles. The predicted octanol–water partition coefficient (Wildman–Crippen LogP) is 2.82. The summed E-state index contributed by atoms with van der Waals surface area (Å²) in [6, 6.07) is 12.8. The molecule has 5 nitrogen and oxygen atoms in total. The second kappa shape index (κ2) is 6.12. The summed E-state index contributed by atoms with van der Waals surface area (Å²) in [5.74, 6) is 0.343. The van der Waals surface area contributed by atoms with Crippen molar-refractivity contribution in [2.45, 2.75) is 19.9 Å². The molecule has 1 aliphatic heterocycles. The molecule has 118 valence electrons. The standard InChI is InChI=1S/C18H18N2O3/c1-11-4-3-5-14(8-11)18(22)19-12(2)13-6-7-16-15(9-13)20-17(21)10-23-16/h3-9,12H,10H2,1-2H3,(H,19,22)(H,20,21)/t12-/m0/s1. The number of carbonyl (C=O) groups is 2. The van der Waals surface area contributed by atoms with Crippen LogP contribution in [-0.2, 0) is 4.79 Å². The Labute approximate surface area is 134 Å². The van der Waals surface area contributed by atoms with Gasteiger partial charge in [-0.25, -0.2) is 0 Å². The fourth-order valence-corrected chi connectivity index (χ4v) is 2.52. The minimum absolute atomic E-state index is 0.0337. The molecule has 0 radical (unpaired) electrons. The molecule has 0 bridgehead atoms. The monoisotopic (exact) mass is 310 g/mol. The molecule has 1 aliphatic rings. The molecule has 2 amide bonds. The Hall–Kier alpha value is -2.82. The maximum atomic E-state index is 12.3. The van der Waals surface area contributed by atoms with Crippen LogP contribution in [0.15, 0.2) is 42.5 Å². The van der Waals surface area contributed by atoms with Crippen molar-refractivity contribution in [1.29, 1.82) is 0 Å². The second-order valence-electron chi connectivity index (χ2n) is 5.66. The Bertz CT molecular complexity index is 771. The van der Waals surface area contributed by atoms with Crippen molar-refractivity contribution >= 4 is 17.5 Å². The maximum Gasteiger partial charge on any atom is 0.262 e. The van der Waals surface area contributed by atoms with Gasteiger partial charge < -0.3 is 15.4 Å². The quantitative estimate of drug-likeness (QED) is 0.916. The van der Waals surface area contributed by atoms with Gasteiger partial charge in [0, 0.05) is 5.56 Å². The molecule has 2 N–H and O–H groups in total. The SMILES string of the molecule is Cc1cccc(C(=O)N[C@@H](C)c2ccc3c(c2)NC(=O)CO3)c1. The summed E-state index contributed by atoms with van der Waals surface area (Å²) < 4.78 is 5.33. The van der Waals surface area contributed by atoms with Gasteiger partial charge in [0.25, 0.3) is 11.8 Å². The molecule has 0 aliphatic carbocycles. The van der Waals surface area contributed by atoms with E-state index in [0.717, 1.165) is 11.1 Å². The average molecular weight is 310 g/mol. The number of aryl methyl sites for hydroxylation is 1. The number of carbonyl (C=O) groups excluding carboxylic acids is 2. The summed E-state index contributed by atoms with van der Waals surface area (Å²) in [6.07, 6.45) is 0. The van der Waals surface area contributed by atoms with Gasteiger partial charge >= 0.3 is 0 Å². The summed E-state index contributed by atoms with van der Waals surface area (Å²) in [5, 5.41) is 5.74. The van der Waals surface area contributed by atoms with Crippen molar-refractivity contribution in [3.8, 4) is 5.75 Å². The molecule has 0 spiro atoms. The summed E-state index contributed by atoms with van der Waals surface area (Å²) >= 11 is 0. The smallest absolute Gasteiger partial charge is 0.262 e. The van der Waals surface area contributed by atoms with Crippen LogP contribution >= 0.6 is 0 Å². The van der Waals surface area contributed by atoms with E-state index in [9.17, 15) is 9.59 Å². The molecule has 0 fully saturated rings. The number of hydrogen-bond donors (Lipinski definition) is 2. The van der Waals surface area contributed by atoms with Crippen LogP contribution in [0.3, 0.4) is 0 Å². The van der Waals surface area contributed by atoms with Crippen LogP contribution in [-0.4, -0.2) is 18.4 Å². The first kappa shape index (κ1) is 15.1. The Morgan fingerprint density at radius 1 is 1.26 bits per heavy atom. The minimum Gasteiger partial charge on any atom is -0.482 e. The minimum atomic E-state index is -0.188. The molecule has 1 atom stereocenters. The lowest BCUT2D eigenvalue weighted by molar-refractivity contribution is -0.118. The van der Waals surface area contributed by atoms with Crippen molar-refractivity contribution in [3.05, 3.63) is 59.2 Å². The zero-order valence-electron chi connectivity index (χ0n) is 13.1. The van der Waals surface area contributed by atoms with E-state index in [2.05, 4.69) is 10.6 Å². The lowest BCUT2D eigenvalue weighted by Crippen LogP contribution is -2.28. The number of fused-ring (bicyclic) bond motifs is 1. The Kier molecular flexibility index (Phi) is 4.02. The summed E-state index contributed by atoms with van der Waals surface area (Å²) in [6.45, 7) is 3.89. The first-order valence-electron chi connectivity index (χ1n) is 7.47. The average Bonchev–Trinajstić information content (AvgIpc) is 2.54. The number of nitrogens with one attached hydrogen (secondary N) is 2. The molecule has 23 heavy (non-hydrogen) atoms. The van der Waals surface area contributed by atoms with Gasteiger partial charge in [-0.15, -0.1) is 0 Å². The number of ether oxygens (including phenoxy) is 1. The van der Waals surface area contributed by atoms with Gasteiger partial charge in [-0.2, -0.15) is 0 Å². The van der Waals surface area contributed by atoms with Gasteiger partial charge in [0.2, 0.25) is 0 Å². The zero-order valence-corrected chi connectivity index (χ0v) is 13.1. The van der Waals surface area contributed by atoms with Crippen LogP contribution in [0.1, 0.15) is 34.5 Å². The molecule has 2 aromatic rings. The number of amides is 2. The third-order valence-corrected chi connectivity index (χ3v) is 3.76. The molecule has 0 saturated carbocycles. The Morgan fingerprint density at radius 3 is 2.87 bits per heavy atom. The van der Waals surface area contributed by atoms with Crippen LogP contribution in [0.4, 0.5) is 5.69 Å². The van der Waals surface area contributed by atoms with E-state index in [4.69, 9.17) is 4.74 Å². The van der Waals surface area contributed by atoms with Gasteiger partial charge in [-0.1, -0.05) is 23.8 Å². The molecular weight excluding hydrogens is 292 g/mol. The molecule has 0 saturated heterocycles. The molecular formula is C18H18N2O3. The van der Waals surface area contributed by atoms with E-state index < -0.39 is 0 Å². The number of hydrogen-bond acceptors (Lipinski definition) is 3. The first-order chi connectivity index (χ1) is 11.0. The van der Waals surface area contributed by atoms with Crippen LogP contribution < -0.4 is 15.4 Å². The Morgan fingerprint density at radius 2 is 2.09 bits per heavy atom. The highest BCUT2D eigenvalue weighted by Crippen LogP contribution is 2.30. The van der Waals surface area contributed by atoms with Crippen molar-refractivity contribution in [2.24, 2.45) is 0 Å². The summed E-state index contributed by atoms with van der Waals surface area (Å²) in [7, 11) is 0. The highest BCUT2D eigenvalue weighted by molar-refractivity contribution is 5.96. The molecule has 5 heteroatoms. The largest absolute Gasteiger partial charge is 0.482 e. The van der Waals surface area contributed by atoms with Crippen molar-refractivity contribution in [3.63, 3.8) is 0 Å². The highest BCUT2D eigenvalue weighted by Gasteiger charge is 2.18. The van der Waals surface area contributed by atoms with Crippen molar-refractivity contribution in [1.82, 2.24) is 5.32 Å². The van der Waals surface area contributed by atoms with Crippen molar-refractivity contribution < 1.29 is 14.3 Å². The molecule has 0 unspecified atom stereocenters. The maximum absolute atomic E-state index is 12.3. The topological polar surface area (TPSA) is 67.4 Å². The molecule has 0 aromatic heterocycles. The van der Waals surface area contributed by atoms with Crippen LogP contribution in [0.2, 0.25) is 0 Å². The summed E-state index contributed by atoms with van der Waals surface area (Å²) in [5.41, 5.74) is 3.20. The first-order valence-corrected chi connectivity index (χ1v) is 7.47. The van der Waals surface area contributed by atoms with E-state index in [-0.39, 0.29) is 24.5 Å². The summed E-state index contributed by atoms with van der Waals surface area (Å²) in [4.78, 5) is 23.7. The molecule has 3 rings (SSSR count). The molecule has 2 aromatic carbocycles. The number of rotatable bonds is 3. The van der Waals surface area contributed by atoms with Gasteiger partial charge in [-0.3, -0.25) is 9.59 Å². The third-order valence-electron chi connectivity index (χ3n) is 3.76. The van der Waals surface area contributed by atoms with E-state index in [1.54, 1.807) is 12.1 Å². The highest BCUT2D eigenvalue weighted by atomic mass is 16.5. The lowest BCUT2D eigenvalue weighted by Gasteiger charge is -2.21. The van der Waals surface area contributed by atoms with E-state index in [0.29, 0.717) is 17.0 Å². The fourth-order valence-electron chi connectivity index (χ4n) is 2.52. The van der Waals surface area contributed by atoms with Crippen LogP contribution in [0.25, 0.3) is 0 Å². The van der Waals surface area contributed by atoms with E-state index in [1.165, 1.54) is 0 Å². The van der Waals surface area contributed by atoms with Crippen molar-refractivity contribution in [2.75, 3.05) is 11.9 Å². The van der Waals surface area contributed by atoms with Crippen LogP contribution in [0, 0.1) is 6.92 Å².